The smallest absolute Gasteiger partial charge is 0.295 e. The van der Waals surface area contributed by atoms with E-state index in [9.17, 15) is 14.7 Å². The van der Waals surface area contributed by atoms with Gasteiger partial charge in [0.1, 0.15) is 5.76 Å². The van der Waals surface area contributed by atoms with E-state index in [0.29, 0.717) is 23.1 Å². The molecule has 4 aliphatic carbocycles. The maximum absolute atomic E-state index is 13.7. The van der Waals surface area contributed by atoms with Crippen molar-refractivity contribution in [2.75, 3.05) is 0 Å². The van der Waals surface area contributed by atoms with Gasteiger partial charge < -0.3 is 10.0 Å². The number of aliphatic hydroxyl groups excluding tert-OH is 1. The molecule has 5 aliphatic rings. The van der Waals surface area contributed by atoms with Crippen LogP contribution in [0.4, 0.5) is 0 Å². The van der Waals surface area contributed by atoms with Crippen LogP contribution in [0.5, 0.6) is 0 Å². The quantitative estimate of drug-likeness (QED) is 0.428. The number of amides is 1. The van der Waals surface area contributed by atoms with Crippen molar-refractivity contribution in [1.29, 1.82) is 0 Å². The predicted molar refractivity (Wildman–Crippen MR) is 126 cm³/mol. The Morgan fingerprint density at radius 3 is 2.06 bits per heavy atom. The zero-order chi connectivity index (χ0) is 24.0. The summed E-state index contributed by atoms with van der Waals surface area (Å²) in [6.45, 7) is 5.65. The normalized spacial score (nSPS) is 34.0. The zero-order valence-corrected chi connectivity index (χ0v) is 20.6. The summed E-state index contributed by atoms with van der Waals surface area (Å²) in [5.74, 6) is 1.17. The molecule has 0 aromatic carbocycles. The summed E-state index contributed by atoms with van der Waals surface area (Å²) in [7, 11) is 3.68. The number of aryl methyl sites for hydroxylation is 3. The number of nitrogens with zero attached hydrogens (tertiary/aromatic N) is 5. The number of hydrogen-bond donors (Lipinski definition) is 1. The maximum atomic E-state index is 13.7. The summed E-state index contributed by atoms with van der Waals surface area (Å²) >= 11 is 0. The van der Waals surface area contributed by atoms with Gasteiger partial charge in [0.05, 0.1) is 29.1 Å². The van der Waals surface area contributed by atoms with Crippen molar-refractivity contribution in [3.8, 4) is 0 Å². The highest BCUT2D eigenvalue weighted by Gasteiger charge is 2.57. The minimum atomic E-state index is -0.629. The van der Waals surface area contributed by atoms with Gasteiger partial charge >= 0.3 is 0 Å². The van der Waals surface area contributed by atoms with Crippen LogP contribution in [0.25, 0.3) is 5.76 Å². The minimum absolute atomic E-state index is 0.0373. The number of carbonyl (C=O) groups excluding carboxylic acids is 2. The molecular weight excluding hydrogens is 430 g/mol. The molecule has 2 aromatic heterocycles. The highest BCUT2D eigenvalue weighted by Crippen LogP contribution is 2.57. The summed E-state index contributed by atoms with van der Waals surface area (Å²) in [6.07, 6.45) is 7.63. The van der Waals surface area contributed by atoms with Crippen LogP contribution in [0.15, 0.2) is 11.8 Å². The number of ketones is 1. The summed E-state index contributed by atoms with van der Waals surface area (Å²) < 4.78 is 3.47. The van der Waals surface area contributed by atoms with Gasteiger partial charge in [-0.05, 0) is 76.5 Å². The van der Waals surface area contributed by atoms with Crippen LogP contribution in [-0.2, 0) is 23.7 Å². The zero-order valence-electron chi connectivity index (χ0n) is 20.6. The standard InChI is InChI=1S/C26H33N5O3/c1-12-20(14(3)30(5)28-12)24(32)21-23(19-11-27-29(4)13(19)2)31(26(34)25(21)33)22-17-7-15-6-16(9-17)10-18(22)8-15/h11,15-18,22-23,32H,6-10H2,1-5H3/b24-21+. The van der Waals surface area contributed by atoms with Crippen LogP contribution in [0.3, 0.4) is 0 Å². The summed E-state index contributed by atoms with van der Waals surface area (Å²) in [5, 5.41) is 20.4. The molecule has 3 heterocycles. The molecule has 1 saturated heterocycles. The molecule has 4 saturated carbocycles. The van der Waals surface area contributed by atoms with Crippen molar-refractivity contribution >= 4 is 17.4 Å². The molecule has 1 amide bonds. The first-order chi connectivity index (χ1) is 16.2. The average molecular weight is 464 g/mol. The molecule has 0 radical (unpaired) electrons. The Balaban J connectivity index is 1.55. The number of Topliss-reactive ketones (excluding diaryl/α,β-unsaturated/α-hetero) is 1. The first kappa shape index (κ1) is 21.6. The summed E-state index contributed by atoms with van der Waals surface area (Å²) in [5.41, 5.74) is 3.83. The van der Waals surface area contributed by atoms with E-state index in [0.717, 1.165) is 54.5 Å². The van der Waals surface area contributed by atoms with Gasteiger partial charge in [-0.25, -0.2) is 0 Å². The summed E-state index contributed by atoms with van der Waals surface area (Å²) in [6, 6.07) is -0.592. The van der Waals surface area contributed by atoms with E-state index < -0.39 is 17.7 Å². The Bertz CT molecular complexity index is 1220. The van der Waals surface area contributed by atoms with E-state index >= 15 is 0 Å². The topological polar surface area (TPSA) is 93.2 Å². The molecule has 1 aliphatic heterocycles. The van der Waals surface area contributed by atoms with Crippen molar-refractivity contribution < 1.29 is 14.7 Å². The molecule has 4 bridgehead atoms. The molecule has 1 unspecified atom stereocenters. The van der Waals surface area contributed by atoms with Gasteiger partial charge in [-0.3, -0.25) is 19.0 Å². The van der Waals surface area contributed by atoms with E-state index in [2.05, 4.69) is 10.2 Å². The van der Waals surface area contributed by atoms with E-state index in [1.54, 1.807) is 15.6 Å². The van der Waals surface area contributed by atoms with Crippen LogP contribution in [0.1, 0.15) is 66.4 Å². The Kier molecular flexibility index (Phi) is 4.64. The first-order valence-electron chi connectivity index (χ1n) is 12.5. The van der Waals surface area contributed by atoms with Gasteiger partial charge in [0, 0.05) is 37.1 Å². The van der Waals surface area contributed by atoms with Crippen molar-refractivity contribution in [2.24, 2.45) is 37.8 Å². The second kappa shape index (κ2) is 7.30. The second-order valence-electron chi connectivity index (χ2n) is 11.1. The molecule has 34 heavy (non-hydrogen) atoms. The first-order valence-corrected chi connectivity index (χ1v) is 12.5. The van der Waals surface area contributed by atoms with Crippen LogP contribution in [-0.4, -0.2) is 47.3 Å². The number of aliphatic hydroxyl groups is 1. The Morgan fingerprint density at radius 1 is 0.941 bits per heavy atom. The predicted octanol–water partition coefficient (Wildman–Crippen LogP) is 3.33. The molecule has 180 valence electrons. The molecule has 5 fully saturated rings. The van der Waals surface area contributed by atoms with Crippen LogP contribution < -0.4 is 0 Å². The third kappa shape index (κ3) is 2.83. The van der Waals surface area contributed by atoms with Gasteiger partial charge in [0.25, 0.3) is 11.7 Å². The Labute approximate surface area is 199 Å². The molecule has 0 spiro atoms. The SMILES string of the molecule is Cc1nn(C)c(C)c1/C(O)=C1\C(=O)C(=O)N(C2C3CC4CC(C3)CC2C4)C1c1cnn(C)c1C. The summed E-state index contributed by atoms with van der Waals surface area (Å²) in [4.78, 5) is 29.2. The molecule has 8 nitrogen and oxygen atoms in total. The minimum Gasteiger partial charge on any atom is -0.507 e. The second-order valence-corrected chi connectivity index (χ2v) is 11.1. The van der Waals surface area contributed by atoms with Gasteiger partial charge in [-0.2, -0.15) is 10.2 Å². The Hall–Kier alpha value is -2.90. The molecule has 1 atom stereocenters. The van der Waals surface area contributed by atoms with Gasteiger partial charge in [-0.1, -0.05) is 0 Å². The third-order valence-electron chi connectivity index (χ3n) is 9.29. The number of aromatic nitrogens is 4. The molecule has 1 N–H and O–H groups in total. The molecule has 8 heteroatoms. The molecular formula is C26H33N5O3. The Morgan fingerprint density at radius 2 is 1.56 bits per heavy atom. The van der Waals surface area contributed by atoms with Gasteiger partial charge in [0.2, 0.25) is 0 Å². The van der Waals surface area contributed by atoms with E-state index in [1.807, 2.05) is 39.8 Å². The molecule has 2 aromatic rings. The van der Waals surface area contributed by atoms with Crippen LogP contribution in [0.2, 0.25) is 0 Å². The van der Waals surface area contributed by atoms with Crippen molar-refractivity contribution in [2.45, 2.75) is 65.0 Å². The monoisotopic (exact) mass is 463 g/mol. The number of hydrogen-bond acceptors (Lipinski definition) is 5. The lowest BCUT2D eigenvalue weighted by Gasteiger charge is -2.57. The van der Waals surface area contributed by atoms with Gasteiger partial charge in [-0.15, -0.1) is 0 Å². The van der Waals surface area contributed by atoms with Crippen molar-refractivity contribution in [3.05, 3.63) is 40.0 Å². The number of rotatable bonds is 3. The largest absolute Gasteiger partial charge is 0.507 e. The molecule has 7 rings (SSSR count). The van der Waals surface area contributed by atoms with Crippen molar-refractivity contribution in [3.63, 3.8) is 0 Å². The maximum Gasteiger partial charge on any atom is 0.295 e. The highest BCUT2D eigenvalue weighted by molar-refractivity contribution is 6.46. The van der Waals surface area contributed by atoms with E-state index in [1.165, 1.54) is 6.42 Å². The number of carbonyl (C=O) groups is 2. The van der Waals surface area contributed by atoms with Crippen molar-refractivity contribution in [1.82, 2.24) is 24.5 Å². The van der Waals surface area contributed by atoms with E-state index in [-0.39, 0.29) is 17.4 Å². The fraction of sp³-hybridized carbons (Fsp3) is 0.615. The highest BCUT2D eigenvalue weighted by atomic mass is 16.3. The lowest BCUT2D eigenvalue weighted by molar-refractivity contribution is -0.148. The lowest BCUT2D eigenvalue weighted by Crippen LogP contribution is -2.57. The van der Waals surface area contributed by atoms with E-state index in [4.69, 9.17) is 0 Å². The average Bonchev–Trinajstić information content (AvgIpc) is 3.33. The van der Waals surface area contributed by atoms with Gasteiger partial charge in [0.15, 0.2) is 0 Å². The number of likely N-dealkylation sites (tertiary alicyclic amines) is 1. The fourth-order valence-corrected chi connectivity index (χ4v) is 7.85. The fourth-order valence-electron chi connectivity index (χ4n) is 7.85. The van der Waals surface area contributed by atoms with Crippen LogP contribution >= 0.6 is 0 Å². The third-order valence-corrected chi connectivity index (χ3v) is 9.29. The lowest BCUT2D eigenvalue weighted by atomic mass is 9.53. The van der Waals surface area contributed by atoms with Crippen LogP contribution in [0, 0.1) is 44.4 Å².